The zero-order valence-corrected chi connectivity index (χ0v) is 65.4. The highest BCUT2D eigenvalue weighted by Crippen LogP contribution is 2.66. The Bertz CT molecular complexity index is 7000. The summed E-state index contributed by atoms with van der Waals surface area (Å²) in [4.78, 5) is 42.8. The van der Waals surface area contributed by atoms with E-state index in [1.165, 1.54) is 80.8 Å². The summed E-state index contributed by atoms with van der Waals surface area (Å²) in [5.41, 5.74) is 34.4. The van der Waals surface area contributed by atoms with Gasteiger partial charge in [0, 0.05) is 70.4 Å². The van der Waals surface area contributed by atoms with Crippen molar-refractivity contribution in [1.29, 1.82) is 0 Å². The van der Waals surface area contributed by atoms with E-state index in [9.17, 15) is 0 Å². The fourth-order valence-electron chi connectivity index (χ4n) is 19.0. The van der Waals surface area contributed by atoms with Crippen LogP contribution in [0.2, 0.25) is 0 Å². The summed E-state index contributed by atoms with van der Waals surface area (Å²) in [6.07, 6.45) is 2.62. The number of rotatable bonds is 12. The average molecular weight is 1520 g/mol. The zero-order valence-electron chi connectivity index (χ0n) is 63.8. The van der Waals surface area contributed by atoms with Gasteiger partial charge in [0.1, 0.15) is 5.82 Å². The highest BCUT2D eigenvalue weighted by Gasteiger charge is 2.53. The smallest absolute Gasteiger partial charge is 0.165 e. The molecule has 9 heteroatoms. The number of aromatic nitrogens is 7. The van der Waals surface area contributed by atoms with Crippen molar-refractivity contribution in [3.8, 4) is 135 Å². The molecule has 0 bridgehead atoms. The van der Waals surface area contributed by atoms with Crippen LogP contribution >= 0.6 is 23.5 Å². The monoisotopic (exact) mass is 1520 g/mol. The Hall–Kier alpha value is -13.8. The van der Waals surface area contributed by atoms with Gasteiger partial charge in [0.2, 0.25) is 0 Å². The molecule has 1 atom stereocenters. The minimum absolute atomic E-state index is 0.576. The predicted molar refractivity (Wildman–Crippen MR) is 472 cm³/mol. The number of aryl methyl sites for hydroxylation is 3. The largest absolute Gasteiger partial charge is 0.256 e. The highest BCUT2D eigenvalue weighted by atomic mass is 32.2. The van der Waals surface area contributed by atoms with Gasteiger partial charge >= 0.3 is 0 Å². The molecule has 0 fully saturated rings. The summed E-state index contributed by atoms with van der Waals surface area (Å²) < 4.78 is 0. The summed E-state index contributed by atoms with van der Waals surface area (Å²) in [7, 11) is 0. The second kappa shape index (κ2) is 27.8. The molecule has 0 radical (unpaired) electrons. The van der Waals surface area contributed by atoms with Gasteiger partial charge in [-0.05, 0) is 199 Å². The summed E-state index contributed by atoms with van der Waals surface area (Å²) in [6.45, 7) is 6.25. The molecule has 4 aliphatic rings. The van der Waals surface area contributed by atoms with Crippen LogP contribution in [0.5, 0.6) is 0 Å². The number of benzene rings is 14. The molecule has 18 aromatic rings. The Balaban J connectivity index is 0.707. The molecule has 4 aromatic heterocycles. The van der Waals surface area contributed by atoms with Gasteiger partial charge in [0.25, 0.3) is 0 Å². The van der Waals surface area contributed by atoms with Crippen LogP contribution in [-0.4, -0.2) is 34.9 Å². The van der Waals surface area contributed by atoms with E-state index in [4.69, 9.17) is 34.9 Å². The maximum absolute atomic E-state index is 5.81. The molecule has 22 rings (SSSR count). The van der Waals surface area contributed by atoms with E-state index in [0.717, 1.165) is 129 Å². The first kappa shape index (κ1) is 68.9. The average Bonchev–Trinajstić information content (AvgIpc) is 1.42. The molecule has 546 valence electrons. The van der Waals surface area contributed by atoms with Gasteiger partial charge in [0.05, 0.1) is 33.6 Å². The highest BCUT2D eigenvalue weighted by molar-refractivity contribution is 7.99. The lowest BCUT2D eigenvalue weighted by atomic mass is 9.66. The van der Waals surface area contributed by atoms with Crippen LogP contribution in [-0.2, 0) is 17.3 Å². The van der Waals surface area contributed by atoms with Crippen molar-refractivity contribution in [2.45, 2.75) is 57.6 Å². The molecule has 2 spiro atoms. The lowest BCUT2D eigenvalue weighted by Crippen LogP contribution is -2.32. The molecule has 116 heavy (non-hydrogen) atoms. The van der Waals surface area contributed by atoms with Gasteiger partial charge in [-0.25, -0.2) is 24.9 Å². The minimum Gasteiger partial charge on any atom is -0.256 e. The van der Waals surface area contributed by atoms with Crippen LogP contribution in [0.25, 0.3) is 135 Å². The standard InChI is InChI=1S/C107H71N7S2/c1-65-50-57-93(108-64-65)80-39-17-15-37-77(80)81-54-56-90-100(101(81)105-113-103(71-32-11-6-12-33-71)112-104(114-105)82-40-18-14-36-76(82)70-30-9-5-10-31-70)83-41-19-20-42-85(83)107(90)89-45-23-26-49-99(89)116-102-74(34-27-46-91(102)107)59-68-58-66(2)109-94(60-68)73-51-53-78-84-61-72(95-63-96(111-67(3)110-95)79-38-16-13-35-75(79)69-28-7-4-8-29-69)52-55-86(84)106(92(78)62-73)87-43-21-24-47-97(87)115-98-48-25-22-44-88(98)106/h4-58,60-64H,59H2,1-3H3. The third-order valence-corrected chi connectivity index (χ3v) is 26.2. The Kier molecular flexibility index (Phi) is 16.5. The van der Waals surface area contributed by atoms with Gasteiger partial charge in [0.15, 0.2) is 17.5 Å². The van der Waals surface area contributed by atoms with Crippen molar-refractivity contribution >= 4 is 23.5 Å². The first-order chi connectivity index (χ1) is 57.2. The Morgan fingerprint density at radius 2 is 0.759 bits per heavy atom. The van der Waals surface area contributed by atoms with Gasteiger partial charge in [-0.1, -0.05) is 327 Å². The number of hydrogen-bond acceptors (Lipinski definition) is 9. The summed E-state index contributed by atoms with van der Waals surface area (Å²) in [5.74, 6) is 2.46. The summed E-state index contributed by atoms with van der Waals surface area (Å²) in [6, 6.07) is 131. The van der Waals surface area contributed by atoms with Crippen LogP contribution < -0.4 is 0 Å². The Morgan fingerprint density at radius 1 is 0.259 bits per heavy atom. The van der Waals surface area contributed by atoms with Crippen molar-refractivity contribution < 1.29 is 0 Å². The third-order valence-electron chi connectivity index (χ3n) is 23.8. The molecule has 7 nitrogen and oxygen atoms in total. The first-order valence-electron chi connectivity index (χ1n) is 39.5. The zero-order chi connectivity index (χ0) is 77.2. The van der Waals surface area contributed by atoms with E-state index in [1.807, 2.05) is 42.7 Å². The van der Waals surface area contributed by atoms with Crippen LogP contribution in [0, 0.1) is 20.8 Å². The fourth-order valence-corrected chi connectivity index (χ4v) is 21.5. The SMILES string of the molecule is Cc1ccc(-c2ccccc2-c2ccc3c(c2-c2nc(-c4ccccc4)nc(-c4ccccc4-c4ccccc4)n2)-c2ccccc2C32c3ccccc3Sc3c(Cc4cc(C)nc(-c5ccc6c(c5)C5(c7ccccc7Sc7ccccc75)c5ccc(-c7cc(-c8ccccc8-c8ccccc8)nc(C)n7)cc5-6)c4)cccc32)nc1. The quantitative estimate of drug-likeness (QED) is 0.119. The van der Waals surface area contributed by atoms with E-state index in [-0.39, 0.29) is 0 Å². The van der Waals surface area contributed by atoms with E-state index in [2.05, 4.69) is 366 Å². The van der Waals surface area contributed by atoms with Crippen LogP contribution in [0.1, 0.15) is 72.7 Å². The van der Waals surface area contributed by atoms with Crippen molar-refractivity contribution in [2.24, 2.45) is 0 Å². The minimum atomic E-state index is -0.791. The maximum Gasteiger partial charge on any atom is 0.165 e. The number of nitrogens with zero attached hydrogens (tertiary/aromatic N) is 7. The molecule has 1 unspecified atom stereocenters. The van der Waals surface area contributed by atoms with Crippen molar-refractivity contribution in [2.75, 3.05) is 0 Å². The lowest BCUT2D eigenvalue weighted by Gasteiger charge is -2.40. The molecule has 0 N–H and O–H groups in total. The first-order valence-corrected chi connectivity index (χ1v) is 41.2. The second-order valence-electron chi connectivity index (χ2n) is 30.6. The Labute approximate surface area is 682 Å². The molecule has 0 amide bonds. The van der Waals surface area contributed by atoms with E-state index < -0.39 is 10.8 Å². The van der Waals surface area contributed by atoms with Crippen LogP contribution in [0.3, 0.4) is 0 Å². The fraction of sp³-hybridized carbons (Fsp3) is 0.0561. The van der Waals surface area contributed by atoms with Crippen molar-refractivity contribution in [1.82, 2.24) is 34.9 Å². The molecular weight excluding hydrogens is 1450 g/mol. The number of hydrogen-bond donors (Lipinski definition) is 0. The molecule has 2 aliphatic heterocycles. The van der Waals surface area contributed by atoms with Gasteiger partial charge in [-0.15, -0.1) is 0 Å². The summed E-state index contributed by atoms with van der Waals surface area (Å²) >= 11 is 3.75. The van der Waals surface area contributed by atoms with Crippen molar-refractivity contribution in [3.05, 3.63) is 437 Å². The lowest BCUT2D eigenvalue weighted by molar-refractivity contribution is 0.718. The van der Waals surface area contributed by atoms with E-state index in [0.29, 0.717) is 23.9 Å². The molecule has 2 aliphatic carbocycles. The van der Waals surface area contributed by atoms with Gasteiger partial charge in [-0.3, -0.25) is 9.97 Å². The molecule has 0 saturated carbocycles. The third kappa shape index (κ3) is 11.1. The predicted octanol–water partition coefficient (Wildman–Crippen LogP) is 26.3. The van der Waals surface area contributed by atoms with Crippen LogP contribution in [0.15, 0.2) is 384 Å². The van der Waals surface area contributed by atoms with E-state index in [1.54, 1.807) is 0 Å². The summed E-state index contributed by atoms with van der Waals surface area (Å²) in [5, 5.41) is 0. The van der Waals surface area contributed by atoms with Crippen LogP contribution in [0.4, 0.5) is 0 Å². The number of fused-ring (bicyclic) bond motifs is 18. The topological polar surface area (TPSA) is 90.2 Å². The molecule has 0 saturated heterocycles. The normalized spacial score (nSPS) is 14.1. The molecular formula is C107H71N7S2. The van der Waals surface area contributed by atoms with Gasteiger partial charge < -0.3 is 0 Å². The molecule has 6 heterocycles. The molecule has 14 aromatic carbocycles. The van der Waals surface area contributed by atoms with Crippen molar-refractivity contribution in [3.63, 3.8) is 0 Å². The second-order valence-corrected chi connectivity index (χ2v) is 32.7. The number of pyridine rings is 2. The maximum atomic E-state index is 5.81. The van der Waals surface area contributed by atoms with Gasteiger partial charge in [-0.2, -0.15) is 0 Å². The Morgan fingerprint density at radius 3 is 1.44 bits per heavy atom. The van der Waals surface area contributed by atoms with E-state index >= 15 is 0 Å².